The molecular formula is C19H14F2N2O3S. The summed E-state index contributed by atoms with van der Waals surface area (Å²) >= 11 is 0.902. The number of benzene rings is 2. The van der Waals surface area contributed by atoms with E-state index in [-0.39, 0.29) is 16.6 Å². The SMILES string of the molecule is CCOC(=O)c1sc(NC(=O)c2cccc(F)c2F)nc1-c1ccccc1. The number of hydrogen-bond donors (Lipinski definition) is 1. The van der Waals surface area contributed by atoms with Crippen LogP contribution in [0.5, 0.6) is 0 Å². The zero-order chi connectivity index (χ0) is 19.4. The maximum Gasteiger partial charge on any atom is 0.350 e. The number of amides is 1. The second-order valence-corrected chi connectivity index (χ2v) is 6.34. The van der Waals surface area contributed by atoms with Gasteiger partial charge < -0.3 is 4.74 Å². The van der Waals surface area contributed by atoms with Crippen molar-refractivity contribution in [3.05, 3.63) is 70.6 Å². The van der Waals surface area contributed by atoms with Gasteiger partial charge in [0, 0.05) is 5.56 Å². The number of carbonyl (C=O) groups excluding carboxylic acids is 2. The summed E-state index contributed by atoms with van der Waals surface area (Å²) in [5.74, 6) is -3.82. The Morgan fingerprint density at radius 2 is 1.85 bits per heavy atom. The molecule has 3 rings (SSSR count). The maximum absolute atomic E-state index is 13.8. The van der Waals surface area contributed by atoms with Crippen LogP contribution < -0.4 is 5.32 Å². The van der Waals surface area contributed by atoms with Gasteiger partial charge in [0.25, 0.3) is 5.91 Å². The van der Waals surface area contributed by atoms with E-state index in [9.17, 15) is 18.4 Å². The topological polar surface area (TPSA) is 68.3 Å². The van der Waals surface area contributed by atoms with Crippen molar-refractivity contribution >= 4 is 28.3 Å². The monoisotopic (exact) mass is 388 g/mol. The van der Waals surface area contributed by atoms with E-state index in [1.54, 1.807) is 31.2 Å². The van der Waals surface area contributed by atoms with Crippen LogP contribution in [0.3, 0.4) is 0 Å². The molecule has 0 unspecified atom stereocenters. The highest BCUT2D eigenvalue weighted by Crippen LogP contribution is 2.32. The summed E-state index contributed by atoms with van der Waals surface area (Å²) in [4.78, 5) is 29.0. The van der Waals surface area contributed by atoms with Crippen LogP contribution in [0.15, 0.2) is 48.5 Å². The van der Waals surface area contributed by atoms with Crippen molar-refractivity contribution in [2.75, 3.05) is 11.9 Å². The highest BCUT2D eigenvalue weighted by atomic mass is 32.1. The van der Waals surface area contributed by atoms with E-state index in [0.29, 0.717) is 11.3 Å². The fourth-order valence-corrected chi connectivity index (χ4v) is 3.22. The van der Waals surface area contributed by atoms with Gasteiger partial charge in [0.05, 0.1) is 17.9 Å². The molecule has 0 saturated heterocycles. The van der Waals surface area contributed by atoms with E-state index >= 15 is 0 Å². The third-order valence-electron chi connectivity index (χ3n) is 3.55. The number of esters is 1. The smallest absolute Gasteiger partial charge is 0.350 e. The molecule has 1 aromatic heterocycles. The number of halogens is 2. The summed E-state index contributed by atoms with van der Waals surface area (Å²) < 4.78 is 32.2. The van der Waals surface area contributed by atoms with Gasteiger partial charge in [-0.2, -0.15) is 0 Å². The first-order valence-electron chi connectivity index (χ1n) is 8.00. The molecule has 0 bridgehead atoms. The Labute approximate surface area is 157 Å². The van der Waals surface area contributed by atoms with Gasteiger partial charge in [-0.3, -0.25) is 10.1 Å². The van der Waals surface area contributed by atoms with E-state index in [2.05, 4.69) is 10.3 Å². The fraction of sp³-hybridized carbons (Fsp3) is 0.105. The van der Waals surface area contributed by atoms with Crippen molar-refractivity contribution in [2.45, 2.75) is 6.92 Å². The Morgan fingerprint density at radius 3 is 2.56 bits per heavy atom. The van der Waals surface area contributed by atoms with Crippen molar-refractivity contribution < 1.29 is 23.1 Å². The zero-order valence-corrected chi connectivity index (χ0v) is 15.0. The molecule has 0 atom stereocenters. The second-order valence-electron chi connectivity index (χ2n) is 5.34. The molecule has 0 aliphatic heterocycles. The van der Waals surface area contributed by atoms with E-state index in [0.717, 1.165) is 23.5 Å². The molecule has 27 heavy (non-hydrogen) atoms. The first-order chi connectivity index (χ1) is 13.0. The molecule has 1 amide bonds. The second kappa shape index (κ2) is 8.05. The quantitative estimate of drug-likeness (QED) is 0.653. The van der Waals surface area contributed by atoms with Crippen LogP contribution in [0.2, 0.25) is 0 Å². The third kappa shape index (κ3) is 4.01. The lowest BCUT2D eigenvalue weighted by atomic mass is 10.1. The lowest BCUT2D eigenvalue weighted by Crippen LogP contribution is -2.14. The third-order valence-corrected chi connectivity index (χ3v) is 4.50. The van der Waals surface area contributed by atoms with Crippen molar-refractivity contribution in [1.82, 2.24) is 4.98 Å². The van der Waals surface area contributed by atoms with E-state index in [4.69, 9.17) is 4.74 Å². The summed E-state index contributed by atoms with van der Waals surface area (Å²) in [6.07, 6.45) is 0. The maximum atomic E-state index is 13.8. The first kappa shape index (κ1) is 18.7. The number of hydrogen-bond acceptors (Lipinski definition) is 5. The number of aromatic nitrogens is 1. The first-order valence-corrected chi connectivity index (χ1v) is 8.81. The van der Waals surface area contributed by atoms with Gasteiger partial charge in [-0.25, -0.2) is 18.6 Å². The van der Waals surface area contributed by atoms with Crippen molar-refractivity contribution in [1.29, 1.82) is 0 Å². The minimum Gasteiger partial charge on any atom is -0.462 e. The normalized spacial score (nSPS) is 10.5. The lowest BCUT2D eigenvalue weighted by molar-refractivity contribution is 0.0532. The molecule has 0 radical (unpaired) electrons. The molecule has 1 N–H and O–H groups in total. The molecular weight excluding hydrogens is 374 g/mol. The van der Waals surface area contributed by atoms with Gasteiger partial charge in [-0.05, 0) is 19.1 Å². The highest BCUT2D eigenvalue weighted by Gasteiger charge is 2.23. The lowest BCUT2D eigenvalue weighted by Gasteiger charge is -2.03. The van der Waals surface area contributed by atoms with E-state index in [1.807, 2.05) is 6.07 Å². The summed E-state index contributed by atoms with van der Waals surface area (Å²) in [7, 11) is 0. The molecule has 138 valence electrons. The molecule has 0 saturated carbocycles. The minimum absolute atomic E-state index is 0.0746. The fourth-order valence-electron chi connectivity index (χ4n) is 2.34. The van der Waals surface area contributed by atoms with E-state index < -0.39 is 29.1 Å². The van der Waals surface area contributed by atoms with Gasteiger partial charge in [-0.15, -0.1) is 0 Å². The molecule has 0 fully saturated rings. The number of ether oxygens (including phenoxy) is 1. The van der Waals surface area contributed by atoms with Crippen LogP contribution in [0.4, 0.5) is 13.9 Å². The summed E-state index contributed by atoms with van der Waals surface area (Å²) in [6.45, 7) is 1.86. The van der Waals surface area contributed by atoms with Crippen LogP contribution >= 0.6 is 11.3 Å². The average Bonchev–Trinajstić information content (AvgIpc) is 3.08. The van der Waals surface area contributed by atoms with Gasteiger partial charge in [-0.1, -0.05) is 47.7 Å². The summed E-state index contributed by atoms with van der Waals surface area (Å²) in [6, 6.07) is 12.2. The van der Waals surface area contributed by atoms with Crippen LogP contribution in [-0.2, 0) is 4.74 Å². The Hall–Kier alpha value is -3.13. The standard InChI is InChI=1S/C19H14F2N2O3S/c1-2-26-18(25)16-15(11-7-4-3-5-8-11)22-19(27-16)23-17(24)12-9-6-10-13(20)14(12)21/h3-10H,2H2,1H3,(H,22,23,24). The Bertz CT molecular complexity index is 990. The van der Waals surface area contributed by atoms with Gasteiger partial charge in [0.1, 0.15) is 4.88 Å². The molecule has 1 heterocycles. The van der Waals surface area contributed by atoms with Crippen LogP contribution in [0, 0.1) is 11.6 Å². The molecule has 2 aromatic carbocycles. The van der Waals surface area contributed by atoms with Crippen molar-refractivity contribution in [2.24, 2.45) is 0 Å². The number of nitrogens with zero attached hydrogens (tertiary/aromatic N) is 1. The Kier molecular flexibility index (Phi) is 5.56. The predicted molar refractivity (Wildman–Crippen MR) is 97.8 cm³/mol. The van der Waals surface area contributed by atoms with Crippen LogP contribution in [0.25, 0.3) is 11.3 Å². The molecule has 5 nitrogen and oxygen atoms in total. The van der Waals surface area contributed by atoms with Crippen molar-refractivity contribution in [3.8, 4) is 11.3 Å². The van der Waals surface area contributed by atoms with Gasteiger partial charge >= 0.3 is 5.97 Å². The Balaban J connectivity index is 1.95. The van der Waals surface area contributed by atoms with Gasteiger partial charge in [0.2, 0.25) is 0 Å². The van der Waals surface area contributed by atoms with Crippen LogP contribution in [0.1, 0.15) is 27.0 Å². The minimum atomic E-state index is -1.25. The number of nitrogens with one attached hydrogen (secondary N) is 1. The zero-order valence-electron chi connectivity index (χ0n) is 14.2. The average molecular weight is 388 g/mol. The predicted octanol–water partition coefficient (Wildman–Crippen LogP) is 4.52. The number of anilines is 1. The molecule has 0 aliphatic carbocycles. The highest BCUT2D eigenvalue weighted by molar-refractivity contribution is 7.18. The van der Waals surface area contributed by atoms with Crippen molar-refractivity contribution in [3.63, 3.8) is 0 Å². The Morgan fingerprint density at radius 1 is 1.11 bits per heavy atom. The molecule has 8 heteroatoms. The summed E-state index contributed by atoms with van der Waals surface area (Å²) in [5.41, 5.74) is 0.549. The van der Waals surface area contributed by atoms with Crippen LogP contribution in [-0.4, -0.2) is 23.5 Å². The molecule has 0 spiro atoms. The number of rotatable bonds is 5. The molecule has 3 aromatic rings. The van der Waals surface area contributed by atoms with Gasteiger partial charge in [0.15, 0.2) is 16.8 Å². The number of carbonyl (C=O) groups is 2. The largest absolute Gasteiger partial charge is 0.462 e. The molecule has 0 aliphatic rings. The summed E-state index contributed by atoms with van der Waals surface area (Å²) in [5, 5.41) is 2.48. The van der Waals surface area contributed by atoms with E-state index in [1.165, 1.54) is 6.07 Å². The number of thiazole rings is 1.